The Morgan fingerprint density at radius 3 is 2.37 bits per heavy atom. The van der Waals surface area contributed by atoms with Gasteiger partial charge in [-0.3, -0.25) is 14.9 Å². The highest BCUT2D eigenvalue weighted by atomic mass is 35.5. The summed E-state index contributed by atoms with van der Waals surface area (Å²) < 4.78 is 67.3. The molecule has 0 aliphatic heterocycles. The fourth-order valence-corrected chi connectivity index (χ4v) is 3.75. The summed E-state index contributed by atoms with van der Waals surface area (Å²) in [6, 6.07) is 2.78. The molecule has 1 heterocycles. The number of hydrogen-bond donors (Lipinski definition) is 0. The molecule has 0 N–H and O–H groups in total. The van der Waals surface area contributed by atoms with Gasteiger partial charge in [0.2, 0.25) is 5.88 Å². The normalized spacial score (nSPS) is 13.2. The number of aromatic nitrogens is 1. The molecule has 0 radical (unpaired) electrons. The first-order valence-corrected chi connectivity index (χ1v) is 11.7. The Kier molecular flexibility index (Phi) is 8.80. The number of benzene rings is 1. The zero-order valence-corrected chi connectivity index (χ0v) is 21.0. The van der Waals surface area contributed by atoms with Gasteiger partial charge in [0, 0.05) is 30.8 Å². The first kappa shape index (κ1) is 28.4. The first-order valence-electron chi connectivity index (χ1n) is 10.1. The molecule has 190 valence electrons. The summed E-state index contributed by atoms with van der Waals surface area (Å²) in [6.45, 7) is 7.74. The van der Waals surface area contributed by atoms with Gasteiger partial charge in [0.15, 0.2) is 0 Å². The van der Waals surface area contributed by atoms with E-state index in [-0.39, 0.29) is 23.0 Å². The van der Waals surface area contributed by atoms with Gasteiger partial charge in [-0.25, -0.2) is 4.98 Å². The summed E-state index contributed by atoms with van der Waals surface area (Å²) in [7, 11) is -2.92. The smallest absolute Gasteiger partial charge is 0.437 e. The Bertz CT molecular complexity index is 1150. The lowest BCUT2D eigenvalue weighted by molar-refractivity contribution is -0.383. The van der Waals surface area contributed by atoms with Crippen molar-refractivity contribution in [3.8, 4) is 11.6 Å². The van der Waals surface area contributed by atoms with Crippen LogP contribution in [0.15, 0.2) is 24.4 Å². The van der Waals surface area contributed by atoms with Crippen LogP contribution in [0.25, 0.3) is 0 Å². The molecule has 0 aliphatic carbocycles. The van der Waals surface area contributed by atoms with Crippen molar-refractivity contribution in [2.24, 2.45) is 5.41 Å². The molecule has 2 rings (SSSR count). The largest absolute Gasteiger partial charge is 0.560 e. The number of aryl methyl sites for hydroxylation is 1. The van der Waals surface area contributed by atoms with E-state index in [1.54, 1.807) is 27.7 Å². The lowest BCUT2D eigenvalue weighted by atomic mass is 9.97. The van der Waals surface area contributed by atoms with Gasteiger partial charge in [0.05, 0.1) is 15.9 Å². The molecule has 0 bridgehead atoms. The Hall–Kier alpha value is -2.82. The molecule has 0 saturated carbocycles. The fourth-order valence-electron chi connectivity index (χ4n) is 2.56. The number of esters is 1. The van der Waals surface area contributed by atoms with Crippen molar-refractivity contribution < 1.29 is 41.5 Å². The van der Waals surface area contributed by atoms with Gasteiger partial charge < -0.3 is 9.47 Å². The summed E-state index contributed by atoms with van der Waals surface area (Å²) in [6.07, 6.45) is -5.24. The van der Waals surface area contributed by atoms with Crippen LogP contribution in [0.4, 0.5) is 18.9 Å². The third-order valence-electron chi connectivity index (χ3n) is 4.40. The number of nitro groups is 1. The van der Waals surface area contributed by atoms with Crippen LogP contribution in [0.1, 0.15) is 45.7 Å². The quantitative estimate of drug-likeness (QED) is 0.126. The molecule has 2 atom stereocenters. The summed E-state index contributed by atoms with van der Waals surface area (Å²) in [4.78, 5) is 26.4. The van der Waals surface area contributed by atoms with E-state index in [0.717, 1.165) is 12.1 Å². The summed E-state index contributed by atoms with van der Waals surface area (Å²) in [5.41, 5.74) is -2.23. The topological polar surface area (TPSA) is 118 Å². The van der Waals surface area contributed by atoms with Crippen LogP contribution in [0, 0.1) is 15.5 Å². The second-order valence-corrected chi connectivity index (χ2v) is 9.87. The van der Waals surface area contributed by atoms with Crippen LogP contribution in [0.3, 0.4) is 0 Å². The summed E-state index contributed by atoms with van der Waals surface area (Å²) in [5.74, 6) is -1.11. The van der Waals surface area contributed by atoms with Gasteiger partial charge in [-0.15, -0.1) is 0 Å². The van der Waals surface area contributed by atoms with E-state index in [9.17, 15) is 32.6 Å². The molecule has 0 aliphatic rings. The number of hydrogen-bond acceptors (Lipinski definition) is 8. The first-order chi connectivity index (χ1) is 16.0. The SMILES string of the molecule is CCc1cc([N+](=O)[O-])c([P+](=O)OC(C)OC(=O)C(C)(C)C)cc1Oc1ncc(C(F)(F)F)cc1Cl. The van der Waals surface area contributed by atoms with E-state index >= 15 is 0 Å². The molecule has 0 spiro atoms. The van der Waals surface area contributed by atoms with Crippen LogP contribution in [-0.4, -0.2) is 22.2 Å². The molecule has 0 fully saturated rings. The maximum atomic E-state index is 12.9. The van der Waals surface area contributed by atoms with Crippen molar-refractivity contribution in [2.75, 3.05) is 0 Å². The lowest BCUT2D eigenvalue weighted by Crippen LogP contribution is -2.27. The number of ether oxygens (including phenoxy) is 2. The van der Waals surface area contributed by atoms with E-state index in [2.05, 4.69) is 4.98 Å². The highest BCUT2D eigenvalue weighted by molar-refractivity contribution is 7.48. The fraction of sp³-hybridized carbons (Fsp3) is 0.429. The number of halogens is 4. The van der Waals surface area contributed by atoms with Crippen molar-refractivity contribution in [3.63, 3.8) is 0 Å². The molecule has 9 nitrogen and oxygen atoms in total. The predicted octanol–water partition coefficient (Wildman–Crippen LogP) is 6.34. The standard InChI is InChI=1S/C21H22ClF3N2O7P/c1-6-12-7-15(27(29)30)17(35(31)34-11(2)32-19(28)20(3,4)5)9-16(12)33-18-14(22)8-13(10-26-18)21(23,24)25/h7-11H,6H2,1-5H3/q+1. The van der Waals surface area contributed by atoms with Gasteiger partial charge in [0.25, 0.3) is 6.29 Å². The zero-order chi connectivity index (χ0) is 26.7. The highest BCUT2D eigenvalue weighted by Gasteiger charge is 2.39. The number of nitro benzene ring substituents is 1. The zero-order valence-electron chi connectivity index (χ0n) is 19.3. The predicted molar refractivity (Wildman–Crippen MR) is 120 cm³/mol. The molecule has 14 heteroatoms. The Labute approximate surface area is 204 Å². The van der Waals surface area contributed by atoms with E-state index in [4.69, 9.17) is 25.6 Å². The number of carbonyl (C=O) groups excluding carboxylic acids is 1. The highest BCUT2D eigenvalue weighted by Crippen LogP contribution is 2.38. The van der Waals surface area contributed by atoms with E-state index in [1.165, 1.54) is 6.92 Å². The molecule has 0 saturated heterocycles. The van der Waals surface area contributed by atoms with Gasteiger partial charge in [0.1, 0.15) is 10.8 Å². The Morgan fingerprint density at radius 2 is 1.89 bits per heavy atom. The van der Waals surface area contributed by atoms with E-state index < -0.39 is 59.0 Å². The van der Waals surface area contributed by atoms with Crippen LogP contribution in [0.5, 0.6) is 11.6 Å². The second kappa shape index (κ2) is 10.8. The minimum absolute atomic E-state index is 0.0754. The second-order valence-electron chi connectivity index (χ2n) is 8.26. The molecule has 2 aromatic rings. The van der Waals surface area contributed by atoms with Crippen LogP contribution in [-0.2, 0) is 31.2 Å². The van der Waals surface area contributed by atoms with E-state index in [1.807, 2.05) is 0 Å². The Balaban J connectivity index is 2.42. The number of alkyl halides is 3. The van der Waals surface area contributed by atoms with Crippen molar-refractivity contribution in [3.05, 3.63) is 50.7 Å². The number of nitrogens with zero attached hydrogens (tertiary/aromatic N) is 2. The lowest BCUT2D eigenvalue weighted by Gasteiger charge is -2.18. The van der Waals surface area contributed by atoms with Crippen LogP contribution < -0.4 is 10.0 Å². The van der Waals surface area contributed by atoms with Crippen molar-refractivity contribution >= 4 is 36.6 Å². The molecule has 1 aromatic carbocycles. The van der Waals surface area contributed by atoms with Gasteiger partial charge in [-0.2, -0.15) is 13.2 Å². The van der Waals surface area contributed by atoms with Crippen molar-refractivity contribution in [2.45, 2.75) is 53.5 Å². The molecule has 2 unspecified atom stereocenters. The minimum atomic E-state index is -4.67. The molecular weight excluding hydrogens is 516 g/mol. The maximum absolute atomic E-state index is 12.9. The monoisotopic (exact) mass is 537 g/mol. The Morgan fingerprint density at radius 1 is 1.26 bits per heavy atom. The molecule has 1 aromatic heterocycles. The average molecular weight is 538 g/mol. The van der Waals surface area contributed by atoms with Gasteiger partial charge in [-0.1, -0.05) is 23.0 Å². The van der Waals surface area contributed by atoms with E-state index in [0.29, 0.717) is 12.3 Å². The summed E-state index contributed by atoms with van der Waals surface area (Å²) in [5, 5.41) is 10.8. The average Bonchev–Trinajstić information content (AvgIpc) is 2.72. The van der Waals surface area contributed by atoms with Gasteiger partial charge in [-0.05, 0) is 37.8 Å². The third-order valence-corrected chi connectivity index (χ3v) is 5.91. The van der Waals surface area contributed by atoms with Crippen molar-refractivity contribution in [1.82, 2.24) is 4.98 Å². The number of carbonyl (C=O) groups is 1. The van der Waals surface area contributed by atoms with Gasteiger partial charge >= 0.3 is 31.2 Å². The van der Waals surface area contributed by atoms with Crippen molar-refractivity contribution in [1.29, 1.82) is 0 Å². The van der Waals surface area contributed by atoms with Crippen LogP contribution in [0.2, 0.25) is 5.02 Å². The number of rotatable bonds is 8. The van der Waals surface area contributed by atoms with Crippen LogP contribution >= 0.6 is 19.6 Å². The maximum Gasteiger partial charge on any atom is 0.560 e. The molecule has 0 amide bonds. The summed E-state index contributed by atoms with van der Waals surface area (Å²) >= 11 is 5.89. The molecular formula is C21H22ClF3N2O7P+. The molecule has 35 heavy (non-hydrogen) atoms. The third kappa shape index (κ3) is 7.33. The number of pyridine rings is 1. The minimum Gasteiger partial charge on any atom is -0.437 e.